The van der Waals surface area contributed by atoms with Crippen LogP contribution in [0.2, 0.25) is 5.02 Å². The van der Waals surface area contributed by atoms with Crippen LogP contribution >= 0.6 is 11.6 Å². The van der Waals surface area contributed by atoms with E-state index in [9.17, 15) is 5.11 Å². The molecule has 0 spiro atoms. The molecule has 1 aliphatic heterocycles. The molecule has 0 aromatic heterocycles. The second kappa shape index (κ2) is 7.87. The van der Waals surface area contributed by atoms with Crippen LogP contribution in [0.1, 0.15) is 43.8 Å². The first kappa shape index (κ1) is 16.4. The SMILES string of the molecule is COc1cc(Cl)c(C(O)CCC2CCCCO2)cc1OC. The van der Waals surface area contributed by atoms with Gasteiger partial charge in [-0.25, -0.2) is 0 Å². The summed E-state index contributed by atoms with van der Waals surface area (Å²) < 4.78 is 16.1. The summed E-state index contributed by atoms with van der Waals surface area (Å²) in [7, 11) is 3.13. The van der Waals surface area contributed by atoms with Crippen molar-refractivity contribution in [3.63, 3.8) is 0 Å². The summed E-state index contributed by atoms with van der Waals surface area (Å²) in [5.74, 6) is 1.14. The van der Waals surface area contributed by atoms with E-state index < -0.39 is 6.10 Å². The Balaban J connectivity index is 2.02. The molecule has 1 aromatic rings. The van der Waals surface area contributed by atoms with Gasteiger partial charge in [-0.05, 0) is 38.2 Å². The molecule has 2 atom stereocenters. The molecular weight excluding hydrogens is 292 g/mol. The van der Waals surface area contributed by atoms with Crippen molar-refractivity contribution in [1.29, 1.82) is 0 Å². The smallest absolute Gasteiger partial charge is 0.162 e. The zero-order valence-corrected chi connectivity index (χ0v) is 13.4. The molecule has 118 valence electrons. The molecule has 0 saturated carbocycles. The Morgan fingerprint density at radius 1 is 1.29 bits per heavy atom. The number of aliphatic hydroxyl groups is 1. The average Bonchev–Trinajstić information content (AvgIpc) is 2.53. The van der Waals surface area contributed by atoms with E-state index in [0.29, 0.717) is 28.5 Å². The highest BCUT2D eigenvalue weighted by molar-refractivity contribution is 6.31. The van der Waals surface area contributed by atoms with Gasteiger partial charge in [-0.3, -0.25) is 0 Å². The van der Waals surface area contributed by atoms with Crippen molar-refractivity contribution >= 4 is 11.6 Å². The minimum Gasteiger partial charge on any atom is -0.493 e. The van der Waals surface area contributed by atoms with Gasteiger partial charge in [0, 0.05) is 18.2 Å². The van der Waals surface area contributed by atoms with E-state index >= 15 is 0 Å². The van der Waals surface area contributed by atoms with Crippen LogP contribution in [0.4, 0.5) is 0 Å². The van der Waals surface area contributed by atoms with Crippen LogP contribution in [0.5, 0.6) is 11.5 Å². The predicted molar refractivity (Wildman–Crippen MR) is 82.3 cm³/mol. The zero-order chi connectivity index (χ0) is 15.2. The fourth-order valence-electron chi connectivity index (χ4n) is 2.66. The number of hydrogen-bond acceptors (Lipinski definition) is 4. The quantitative estimate of drug-likeness (QED) is 0.869. The fourth-order valence-corrected chi connectivity index (χ4v) is 2.94. The predicted octanol–water partition coefficient (Wildman–Crippen LogP) is 3.74. The Hall–Kier alpha value is -0.970. The Bertz CT molecular complexity index is 458. The van der Waals surface area contributed by atoms with Gasteiger partial charge in [-0.15, -0.1) is 0 Å². The minimum atomic E-state index is -0.622. The third-order valence-corrected chi connectivity index (χ3v) is 4.23. The Kier molecular flexibility index (Phi) is 6.15. The summed E-state index contributed by atoms with van der Waals surface area (Å²) in [5.41, 5.74) is 0.671. The number of rotatable bonds is 6. The standard InChI is InChI=1S/C16H23ClO4/c1-19-15-9-12(13(17)10-16(15)20-2)14(18)7-6-11-5-3-4-8-21-11/h9-11,14,18H,3-8H2,1-2H3. The maximum Gasteiger partial charge on any atom is 0.162 e. The van der Waals surface area contributed by atoms with Crippen molar-refractivity contribution < 1.29 is 19.3 Å². The van der Waals surface area contributed by atoms with Crippen molar-refractivity contribution in [2.75, 3.05) is 20.8 Å². The Labute approximate surface area is 131 Å². The first-order valence-electron chi connectivity index (χ1n) is 7.36. The molecule has 4 nitrogen and oxygen atoms in total. The molecule has 0 radical (unpaired) electrons. The summed E-state index contributed by atoms with van der Waals surface area (Å²) in [6.07, 6.45) is 4.52. The third-order valence-electron chi connectivity index (χ3n) is 3.90. The second-order valence-electron chi connectivity index (χ2n) is 5.31. The molecule has 5 heteroatoms. The van der Waals surface area contributed by atoms with Gasteiger partial charge in [-0.1, -0.05) is 11.6 Å². The van der Waals surface area contributed by atoms with Gasteiger partial charge in [0.2, 0.25) is 0 Å². The lowest BCUT2D eigenvalue weighted by molar-refractivity contribution is 0.00212. The maximum absolute atomic E-state index is 10.4. The molecule has 1 aromatic carbocycles. The number of aliphatic hydroxyl groups excluding tert-OH is 1. The lowest BCUT2D eigenvalue weighted by atomic mass is 9.99. The van der Waals surface area contributed by atoms with Crippen molar-refractivity contribution in [3.05, 3.63) is 22.7 Å². The van der Waals surface area contributed by atoms with Crippen molar-refractivity contribution in [2.45, 2.75) is 44.3 Å². The summed E-state index contributed by atoms with van der Waals surface area (Å²) in [6, 6.07) is 3.42. The van der Waals surface area contributed by atoms with Crippen LogP contribution in [-0.2, 0) is 4.74 Å². The molecule has 1 aliphatic rings. The molecule has 2 unspecified atom stereocenters. The molecule has 21 heavy (non-hydrogen) atoms. The van der Waals surface area contributed by atoms with Crippen molar-refractivity contribution in [2.24, 2.45) is 0 Å². The van der Waals surface area contributed by atoms with Gasteiger partial charge in [0.05, 0.1) is 31.5 Å². The molecule has 0 bridgehead atoms. The molecule has 1 N–H and O–H groups in total. The van der Waals surface area contributed by atoms with Crippen LogP contribution in [0.3, 0.4) is 0 Å². The van der Waals surface area contributed by atoms with Crippen LogP contribution in [0, 0.1) is 0 Å². The van der Waals surface area contributed by atoms with E-state index in [1.54, 1.807) is 26.4 Å². The number of hydrogen-bond donors (Lipinski definition) is 1. The third kappa shape index (κ3) is 4.25. The fraction of sp³-hybridized carbons (Fsp3) is 0.625. The largest absolute Gasteiger partial charge is 0.493 e. The summed E-state index contributed by atoms with van der Waals surface area (Å²) >= 11 is 6.23. The summed E-state index contributed by atoms with van der Waals surface area (Å²) in [4.78, 5) is 0. The Morgan fingerprint density at radius 2 is 2.00 bits per heavy atom. The average molecular weight is 315 g/mol. The highest BCUT2D eigenvalue weighted by Crippen LogP contribution is 2.37. The van der Waals surface area contributed by atoms with Crippen LogP contribution in [0.15, 0.2) is 12.1 Å². The van der Waals surface area contributed by atoms with E-state index in [1.165, 1.54) is 6.42 Å². The summed E-state index contributed by atoms with van der Waals surface area (Å²) in [5, 5.41) is 10.9. The van der Waals surface area contributed by atoms with Gasteiger partial charge in [0.25, 0.3) is 0 Å². The lowest BCUT2D eigenvalue weighted by Crippen LogP contribution is -2.19. The van der Waals surface area contributed by atoms with E-state index in [-0.39, 0.29) is 6.10 Å². The number of methoxy groups -OCH3 is 2. The van der Waals surface area contributed by atoms with Crippen LogP contribution in [-0.4, -0.2) is 32.0 Å². The van der Waals surface area contributed by atoms with Gasteiger partial charge >= 0.3 is 0 Å². The number of ether oxygens (including phenoxy) is 3. The molecule has 0 amide bonds. The first-order valence-corrected chi connectivity index (χ1v) is 7.74. The van der Waals surface area contributed by atoms with Gasteiger partial charge in [0.15, 0.2) is 11.5 Å². The molecule has 0 aliphatic carbocycles. The molecule has 2 rings (SSSR count). The topological polar surface area (TPSA) is 47.9 Å². The molecule has 1 heterocycles. The molecular formula is C16H23ClO4. The van der Waals surface area contributed by atoms with Crippen LogP contribution in [0.25, 0.3) is 0 Å². The van der Waals surface area contributed by atoms with E-state index in [0.717, 1.165) is 25.9 Å². The van der Waals surface area contributed by atoms with E-state index in [4.69, 9.17) is 25.8 Å². The van der Waals surface area contributed by atoms with Crippen LogP contribution < -0.4 is 9.47 Å². The van der Waals surface area contributed by atoms with Crippen molar-refractivity contribution in [3.8, 4) is 11.5 Å². The monoisotopic (exact) mass is 314 g/mol. The normalized spacial score (nSPS) is 20.1. The number of halogens is 1. The van der Waals surface area contributed by atoms with Gasteiger partial charge in [-0.2, -0.15) is 0 Å². The number of benzene rings is 1. The molecule has 1 fully saturated rings. The van der Waals surface area contributed by atoms with E-state index in [2.05, 4.69) is 0 Å². The van der Waals surface area contributed by atoms with Gasteiger partial charge in [0.1, 0.15) is 0 Å². The molecule has 1 saturated heterocycles. The van der Waals surface area contributed by atoms with Crippen molar-refractivity contribution in [1.82, 2.24) is 0 Å². The minimum absolute atomic E-state index is 0.257. The highest BCUT2D eigenvalue weighted by Gasteiger charge is 2.19. The lowest BCUT2D eigenvalue weighted by Gasteiger charge is -2.24. The Morgan fingerprint density at radius 3 is 2.62 bits per heavy atom. The van der Waals surface area contributed by atoms with E-state index in [1.807, 2.05) is 0 Å². The summed E-state index contributed by atoms with van der Waals surface area (Å²) in [6.45, 7) is 0.831. The zero-order valence-electron chi connectivity index (χ0n) is 12.6. The maximum atomic E-state index is 10.4. The highest BCUT2D eigenvalue weighted by atomic mass is 35.5. The van der Waals surface area contributed by atoms with Gasteiger partial charge < -0.3 is 19.3 Å². The second-order valence-corrected chi connectivity index (χ2v) is 5.72. The first-order chi connectivity index (χ1) is 10.2.